The molecule has 0 aliphatic carbocycles. The van der Waals surface area contributed by atoms with Crippen molar-refractivity contribution >= 4 is 5.97 Å². The normalized spacial score (nSPS) is 24.1. The Bertz CT molecular complexity index is 213. The standard InChI is InChI=1S/C11H20O4/c1-4-13-10(12)7-5-6-9-8-14-11(2,3)15-9/h9H,4-8H2,1-3H3/t9-/m0/s1. The third-order valence-corrected chi connectivity index (χ3v) is 2.28. The van der Waals surface area contributed by atoms with Crippen LogP contribution in [0.3, 0.4) is 0 Å². The fourth-order valence-electron chi connectivity index (χ4n) is 1.61. The Labute approximate surface area is 90.9 Å². The molecule has 1 fully saturated rings. The van der Waals surface area contributed by atoms with E-state index in [9.17, 15) is 4.79 Å². The molecule has 1 atom stereocenters. The van der Waals surface area contributed by atoms with Crippen molar-refractivity contribution in [2.24, 2.45) is 0 Å². The molecule has 0 saturated carbocycles. The van der Waals surface area contributed by atoms with Gasteiger partial charge in [0.15, 0.2) is 5.79 Å². The van der Waals surface area contributed by atoms with Crippen LogP contribution in [0.5, 0.6) is 0 Å². The van der Waals surface area contributed by atoms with E-state index in [1.807, 2.05) is 20.8 Å². The average Bonchev–Trinajstić information content (AvgIpc) is 2.46. The first kappa shape index (κ1) is 12.5. The van der Waals surface area contributed by atoms with Crippen LogP contribution in [-0.2, 0) is 19.0 Å². The van der Waals surface area contributed by atoms with E-state index in [1.165, 1.54) is 0 Å². The second-order valence-electron chi connectivity index (χ2n) is 4.15. The smallest absolute Gasteiger partial charge is 0.305 e. The number of hydrogen-bond donors (Lipinski definition) is 0. The fraction of sp³-hybridized carbons (Fsp3) is 0.909. The highest BCUT2D eigenvalue weighted by atomic mass is 16.7. The lowest BCUT2D eigenvalue weighted by atomic mass is 10.1. The third kappa shape index (κ3) is 4.62. The number of esters is 1. The van der Waals surface area contributed by atoms with E-state index in [-0.39, 0.29) is 12.1 Å². The minimum Gasteiger partial charge on any atom is -0.466 e. The van der Waals surface area contributed by atoms with Crippen molar-refractivity contribution in [1.29, 1.82) is 0 Å². The van der Waals surface area contributed by atoms with Crippen molar-refractivity contribution in [3.8, 4) is 0 Å². The van der Waals surface area contributed by atoms with Gasteiger partial charge in [0.1, 0.15) is 0 Å². The molecule has 1 aliphatic rings. The van der Waals surface area contributed by atoms with E-state index in [2.05, 4.69) is 0 Å². The lowest BCUT2D eigenvalue weighted by Crippen LogP contribution is -2.21. The molecule has 0 N–H and O–H groups in total. The van der Waals surface area contributed by atoms with Crippen LogP contribution in [0.4, 0.5) is 0 Å². The van der Waals surface area contributed by atoms with E-state index in [1.54, 1.807) is 0 Å². The molecular formula is C11H20O4. The van der Waals surface area contributed by atoms with Crippen molar-refractivity contribution < 1.29 is 19.0 Å². The number of carbonyl (C=O) groups is 1. The minimum atomic E-state index is -0.464. The molecule has 0 unspecified atom stereocenters. The Morgan fingerprint density at radius 2 is 2.27 bits per heavy atom. The summed E-state index contributed by atoms with van der Waals surface area (Å²) in [6.45, 7) is 6.69. The topological polar surface area (TPSA) is 44.8 Å². The summed E-state index contributed by atoms with van der Waals surface area (Å²) in [4.78, 5) is 11.0. The van der Waals surface area contributed by atoms with E-state index < -0.39 is 5.79 Å². The van der Waals surface area contributed by atoms with Gasteiger partial charge in [0.05, 0.1) is 19.3 Å². The van der Waals surface area contributed by atoms with Crippen LogP contribution < -0.4 is 0 Å². The molecule has 1 aliphatic heterocycles. The molecule has 0 aromatic carbocycles. The highest BCUT2D eigenvalue weighted by Gasteiger charge is 2.32. The summed E-state index contributed by atoms with van der Waals surface area (Å²) in [5.41, 5.74) is 0. The monoisotopic (exact) mass is 216 g/mol. The zero-order chi connectivity index (χ0) is 11.3. The highest BCUT2D eigenvalue weighted by molar-refractivity contribution is 5.69. The number of hydrogen-bond acceptors (Lipinski definition) is 4. The third-order valence-electron chi connectivity index (χ3n) is 2.28. The van der Waals surface area contributed by atoms with Gasteiger partial charge in [-0.1, -0.05) is 0 Å². The van der Waals surface area contributed by atoms with Gasteiger partial charge in [-0.3, -0.25) is 4.79 Å². The Hall–Kier alpha value is -0.610. The molecule has 4 nitrogen and oxygen atoms in total. The van der Waals surface area contributed by atoms with Crippen LogP contribution in [0.25, 0.3) is 0 Å². The second-order valence-corrected chi connectivity index (χ2v) is 4.15. The van der Waals surface area contributed by atoms with E-state index in [0.29, 0.717) is 19.6 Å². The first-order valence-corrected chi connectivity index (χ1v) is 5.51. The summed E-state index contributed by atoms with van der Waals surface area (Å²) in [6.07, 6.45) is 2.23. The minimum absolute atomic E-state index is 0.120. The second kappa shape index (κ2) is 5.47. The van der Waals surface area contributed by atoms with Gasteiger partial charge in [0.25, 0.3) is 0 Å². The molecule has 0 radical (unpaired) electrons. The summed E-state index contributed by atoms with van der Waals surface area (Å²) < 4.78 is 15.9. The van der Waals surface area contributed by atoms with Crippen molar-refractivity contribution in [3.05, 3.63) is 0 Å². The molecule has 1 rings (SSSR count). The molecule has 1 saturated heterocycles. The van der Waals surface area contributed by atoms with Gasteiger partial charge >= 0.3 is 5.97 Å². The molecule has 88 valence electrons. The molecule has 0 amide bonds. The van der Waals surface area contributed by atoms with Gasteiger partial charge in [0, 0.05) is 6.42 Å². The fourth-order valence-corrected chi connectivity index (χ4v) is 1.61. The molecule has 0 spiro atoms. The van der Waals surface area contributed by atoms with Crippen LogP contribution in [0.2, 0.25) is 0 Å². The molecule has 1 heterocycles. The summed E-state index contributed by atoms with van der Waals surface area (Å²) in [5.74, 6) is -0.593. The van der Waals surface area contributed by atoms with Gasteiger partial charge in [0.2, 0.25) is 0 Å². The predicted octanol–water partition coefficient (Wildman–Crippen LogP) is 1.87. The zero-order valence-corrected chi connectivity index (χ0v) is 9.75. The Balaban J connectivity index is 2.09. The highest BCUT2D eigenvalue weighted by Crippen LogP contribution is 2.25. The number of ether oxygens (including phenoxy) is 3. The Morgan fingerprint density at radius 3 is 2.80 bits per heavy atom. The van der Waals surface area contributed by atoms with Gasteiger partial charge in [-0.15, -0.1) is 0 Å². The first-order valence-electron chi connectivity index (χ1n) is 5.51. The van der Waals surface area contributed by atoms with Crippen molar-refractivity contribution in [1.82, 2.24) is 0 Å². The number of rotatable bonds is 5. The first-order chi connectivity index (χ1) is 7.03. The predicted molar refractivity (Wildman–Crippen MR) is 55.4 cm³/mol. The summed E-state index contributed by atoms with van der Waals surface area (Å²) >= 11 is 0. The zero-order valence-electron chi connectivity index (χ0n) is 9.75. The van der Waals surface area contributed by atoms with Crippen LogP contribution in [0.1, 0.15) is 40.0 Å². The van der Waals surface area contributed by atoms with Crippen molar-refractivity contribution in [3.63, 3.8) is 0 Å². The molecule has 0 aromatic heterocycles. The lowest BCUT2D eigenvalue weighted by Gasteiger charge is -2.16. The molecular weight excluding hydrogens is 196 g/mol. The largest absolute Gasteiger partial charge is 0.466 e. The maximum absolute atomic E-state index is 11.0. The van der Waals surface area contributed by atoms with E-state index in [0.717, 1.165) is 12.8 Å². The van der Waals surface area contributed by atoms with Crippen LogP contribution >= 0.6 is 0 Å². The number of carbonyl (C=O) groups excluding carboxylic acids is 1. The quantitative estimate of drug-likeness (QED) is 0.658. The summed E-state index contributed by atoms with van der Waals surface area (Å²) in [7, 11) is 0. The van der Waals surface area contributed by atoms with Crippen molar-refractivity contribution in [2.75, 3.05) is 13.2 Å². The maximum atomic E-state index is 11.0. The lowest BCUT2D eigenvalue weighted by molar-refractivity contribution is -0.144. The van der Waals surface area contributed by atoms with Gasteiger partial charge in [-0.25, -0.2) is 0 Å². The molecule has 0 aromatic rings. The Kier molecular flexibility index (Phi) is 4.54. The van der Waals surface area contributed by atoms with Crippen molar-refractivity contribution in [2.45, 2.75) is 51.9 Å². The molecule has 4 heteroatoms. The van der Waals surface area contributed by atoms with E-state index in [4.69, 9.17) is 14.2 Å². The maximum Gasteiger partial charge on any atom is 0.305 e. The average molecular weight is 216 g/mol. The summed E-state index contributed by atoms with van der Waals surface area (Å²) in [6, 6.07) is 0. The molecule has 0 bridgehead atoms. The summed E-state index contributed by atoms with van der Waals surface area (Å²) in [5, 5.41) is 0. The van der Waals surface area contributed by atoms with Gasteiger partial charge in [-0.05, 0) is 33.6 Å². The Morgan fingerprint density at radius 1 is 1.53 bits per heavy atom. The van der Waals surface area contributed by atoms with Crippen LogP contribution in [0, 0.1) is 0 Å². The van der Waals surface area contributed by atoms with E-state index >= 15 is 0 Å². The van der Waals surface area contributed by atoms with Gasteiger partial charge < -0.3 is 14.2 Å². The van der Waals surface area contributed by atoms with Gasteiger partial charge in [-0.2, -0.15) is 0 Å². The molecule has 15 heavy (non-hydrogen) atoms. The van der Waals surface area contributed by atoms with Crippen LogP contribution in [0.15, 0.2) is 0 Å². The van der Waals surface area contributed by atoms with Crippen LogP contribution in [-0.4, -0.2) is 31.1 Å². The SMILES string of the molecule is CCOC(=O)CCC[C@H]1COC(C)(C)O1.